The standard InChI is InChI=1S/C4H6INO2/c5-3(2-6)1-4(7)8/h1H,2,6H2,(H,7,8). The van der Waals surface area contributed by atoms with Crippen molar-refractivity contribution in [1.82, 2.24) is 0 Å². The Kier molecular flexibility index (Phi) is 3.80. The normalized spacial score (nSPS) is 11.5. The van der Waals surface area contributed by atoms with Crippen LogP contribution in [-0.2, 0) is 4.79 Å². The third-order valence-corrected chi connectivity index (χ3v) is 1.23. The van der Waals surface area contributed by atoms with E-state index in [0.717, 1.165) is 6.08 Å². The highest BCUT2D eigenvalue weighted by molar-refractivity contribution is 14.1. The molecule has 0 saturated heterocycles. The van der Waals surface area contributed by atoms with Crippen LogP contribution in [0.5, 0.6) is 0 Å². The van der Waals surface area contributed by atoms with Crippen LogP contribution in [0.25, 0.3) is 0 Å². The van der Waals surface area contributed by atoms with Gasteiger partial charge in [-0.15, -0.1) is 0 Å². The highest BCUT2D eigenvalue weighted by Gasteiger charge is 1.90. The van der Waals surface area contributed by atoms with Gasteiger partial charge >= 0.3 is 5.97 Å². The summed E-state index contributed by atoms with van der Waals surface area (Å²) in [6, 6.07) is 0. The first-order valence-corrected chi connectivity index (χ1v) is 3.03. The quantitative estimate of drug-likeness (QED) is 0.528. The van der Waals surface area contributed by atoms with Gasteiger partial charge in [-0.25, -0.2) is 4.79 Å². The lowest BCUT2D eigenvalue weighted by Crippen LogP contribution is -2.00. The van der Waals surface area contributed by atoms with E-state index in [2.05, 4.69) is 0 Å². The fourth-order valence-electron chi connectivity index (χ4n) is 0.193. The predicted octanol–water partition coefficient (Wildman–Crippen LogP) is 0.349. The lowest BCUT2D eigenvalue weighted by atomic mass is 10.5. The molecule has 0 aliphatic carbocycles. The molecule has 3 N–H and O–H groups in total. The van der Waals surface area contributed by atoms with E-state index in [4.69, 9.17) is 10.8 Å². The Labute approximate surface area is 60.7 Å². The van der Waals surface area contributed by atoms with Crippen LogP contribution in [0.2, 0.25) is 0 Å². The molecule has 4 heteroatoms. The molecule has 0 saturated carbocycles. The SMILES string of the molecule is NCC(I)=CC(=O)O. The number of aliphatic carboxylic acids is 1. The van der Waals surface area contributed by atoms with E-state index in [-0.39, 0.29) is 0 Å². The molecule has 0 fully saturated rings. The molecule has 0 rings (SSSR count). The van der Waals surface area contributed by atoms with Crippen LogP contribution in [0, 0.1) is 0 Å². The Balaban J connectivity index is 3.75. The van der Waals surface area contributed by atoms with Crippen molar-refractivity contribution in [3.8, 4) is 0 Å². The van der Waals surface area contributed by atoms with Crippen molar-refractivity contribution in [2.45, 2.75) is 0 Å². The number of hydrogen-bond acceptors (Lipinski definition) is 2. The summed E-state index contributed by atoms with van der Waals surface area (Å²) in [5.41, 5.74) is 5.08. The average molecular weight is 227 g/mol. The van der Waals surface area contributed by atoms with Crippen LogP contribution in [0.1, 0.15) is 0 Å². The molecule has 8 heavy (non-hydrogen) atoms. The maximum atomic E-state index is 9.83. The van der Waals surface area contributed by atoms with Crippen LogP contribution in [0.15, 0.2) is 9.66 Å². The second kappa shape index (κ2) is 3.85. The third kappa shape index (κ3) is 4.07. The highest BCUT2D eigenvalue weighted by Crippen LogP contribution is 2.00. The molecule has 0 bridgehead atoms. The Morgan fingerprint density at radius 3 is 2.50 bits per heavy atom. The summed E-state index contributed by atoms with van der Waals surface area (Å²) in [4.78, 5) is 9.83. The summed E-state index contributed by atoms with van der Waals surface area (Å²) in [6.45, 7) is 0.298. The van der Waals surface area contributed by atoms with Gasteiger partial charge in [0.2, 0.25) is 0 Å². The molecule has 0 spiro atoms. The largest absolute Gasteiger partial charge is 0.478 e. The van der Waals surface area contributed by atoms with Crippen LogP contribution in [-0.4, -0.2) is 17.6 Å². The zero-order chi connectivity index (χ0) is 6.57. The minimum Gasteiger partial charge on any atom is -0.478 e. The summed E-state index contributed by atoms with van der Waals surface area (Å²) < 4.78 is 0.648. The third-order valence-electron chi connectivity index (χ3n) is 0.475. The van der Waals surface area contributed by atoms with E-state index < -0.39 is 5.97 Å². The Bertz CT molecular complexity index is 121. The van der Waals surface area contributed by atoms with Gasteiger partial charge in [-0.3, -0.25) is 0 Å². The number of hydrogen-bond donors (Lipinski definition) is 2. The van der Waals surface area contributed by atoms with Crippen molar-refractivity contribution >= 4 is 28.6 Å². The monoisotopic (exact) mass is 227 g/mol. The van der Waals surface area contributed by atoms with Gasteiger partial charge in [0.05, 0.1) is 0 Å². The van der Waals surface area contributed by atoms with E-state index in [9.17, 15) is 4.79 Å². The molecule has 0 aromatic rings. The summed E-state index contributed by atoms with van der Waals surface area (Å²) in [5, 5.41) is 8.08. The van der Waals surface area contributed by atoms with Crippen LogP contribution >= 0.6 is 22.6 Å². The Morgan fingerprint density at radius 1 is 1.88 bits per heavy atom. The fraction of sp³-hybridized carbons (Fsp3) is 0.250. The highest BCUT2D eigenvalue weighted by atomic mass is 127. The van der Waals surface area contributed by atoms with Gasteiger partial charge in [0.1, 0.15) is 0 Å². The summed E-state index contributed by atoms with van der Waals surface area (Å²) in [7, 11) is 0. The van der Waals surface area contributed by atoms with Gasteiger partial charge < -0.3 is 10.8 Å². The molecule has 0 aromatic heterocycles. The summed E-state index contributed by atoms with van der Waals surface area (Å²) in [5.74, 6) is -0.945. The van der Waals surface area contributed by atoms with E-state index in [1.54, 1.807) is 0 Å². The van der Waals surface area contributed by atoms with Gasteiger partial charge in [0.15, 0.2) is 0 Å². The fourth-order valence-corrected chi connectivity index (χ4v) is 0.459. The van der Waals surface area contributed by atoms with E-state index in [0.29, 0.717) is 10.1 Å². The maximum Gasteiger partial charge on any atom is 0.329 e. The molecule has 0 aliphatic rings. The van der Waals surface area contributed by atoms with Crippen LogP contribution in [0.4, 0.5) is 0 Å². The van der Waals surface area contributed by atoms with Crippen molar-refractivity contribution in [2.24, 2.45) is 5.73 Å². The molecule has 3 nitrogen and oxygen atoms in total. The zero-order valence-corrected chi connectivity index (χ0v) is 6.25. The van der Waals surface area contributed by atoms with E-state index in [1.807, 2.05) is 22.6 Å². The van der Waals surface area contributed by atoms with E-state index >= 15 is 0 Å². The van der Waals surface area contributed by atoms with Gasteiger partial charge in [-0.2, -0.15) is 0 Å². The van der Waals surface area contributed by atoms with Crippen molar-refractivity contribution < 1.29 is 9.90 Å². The maximum absolute atomic E-state index is 9.83. The van der Waals surface area contributed by atoms with Gasteiger partial charge in [0.25, 0.3) is 0 Å². The minimum atomic E-state index is -0.945. The number of halogens is 1. The first kappa shape index (κ1) is 7.90. The number of nitrogens with two attached hydrogens (primary N) is 1. The number of carboxylic acids is 1. The van der Waals surface area contributed by atoms with Crippen LogP contribution in [0.3, 0.4) is 0 Å². The molecular formula is C4H6INO2. The molecule has 0 aromatic carbocycles. The van der Waals surface area contributed by atoms with E-state index in [1.165, 1.54) is 0 Å². The van der Waals surface area contributed by atoms with Crippen molar-refractivity contribution in [3.05, 3.63) is 9.66 Å². The minimum absolute atomic E-state index is 0.298. The molecule has 0 atom stereocenters. The summed E-state index contributed by atoms with van der Waals surface area (Å²) >= 11 is 1.88. The first-order valence-electron chi connectivity index (χ1n) is 1.96. The number of carboxylic acid groups (broad SMARTS) is 1. The van der Waals surface area contributed by atoms with Crippen LogP contribution < -0.4 is 5.73 Å². The number of rotatable bonds is 2. The predicted molar refractivity (Wildman–Crippen MR) is 38.8 cm³/mol. The zero-order valence-electron chi connectivity index (χ0n) is 4.10. The molecule has 0 radical (unpaired) electrons. The molecule has 0 unspecified atom stereocenters. The molecule has 0 aliphatic heterocycles. The van der Waals surface area contributed by atoms with Crippen molar-refractivity contribution in [3.63, 3.8) is 0 Å². The van der Waals surface area contributed by atoms with Gasteiger partial charge in [-0.05, 0) is 22.6 Å². The topological polar surface area (TPSA) is 63.3 Å². The second-order valence-electron chi connectivity index (χ2n) is 1.13. The average Bonchev–Trinajstić information content (AvgIpc) is 1.65. The van der Waals surface area contributed by atoms with Crippen molar-refractivity contribution in [2.75, 3.05) is 6.54 Å². The lowest BCUT2D eigenvalue weighted by Gasteiger charge is -1.85. The Hall–Kier alpha value is -0.100. The van der Waals surface area contributed by atoms with Gasteiger partial charge in [-0.1, -0.05) is 0 Å². The second-order valence-corrected chi connectivity index (χ2v) is 2.52. The molecule has 0 amide bonds. The molecular weight excluding hydrogens is 221 g/mol. The molecule has 46 valence electrons. The smallest absolute Gasteiger partial charge is 0.329 e. The van der Waals surface area contributed by atoms with Gasteiger partial charge in [0, 0.05) is 16.2 Å². The summed E-state index contributed by atoms with van der Waals surface area (Å²) in [6.07, 6.45) is 1.08. The lowest BCUT2D eigenvalue weighted by molar-refractivity contribution is -0.131. The number of carbonyl (C=O) groups is 1. The first-order chi connectivity index (χ1) is 3.66. The van der Waals surface area contributed by atoms with Crippen molar-refractivity contribution in [1.29, 1.82) is 0 Å². The molecule has 0 heterocycles. The Morgan fingerprint density at radius 2 is 2.38 bits per heavy atom.